The van der Waals surface area contributed by atoms with Crippen LogP contribution in [-0.2, 0) is 16.1 Å². The van der Waals surface area contributed by atoms with Crippen molar-refractivity contribution in [1.82, 2.24) is 20.4 Å². The summed E-state index contributed by atoms with van der Waals surface area (Å²) in [6, 6.07) is 5.46. The number of hydrogen-bond donors (Lipinski definition) is 2. The molecule has 1 aromatic rings. The molecular weight excluding hydrogens is 372 g/mol. The van der Waals surface area contributed by atoms with Gasteiger partial charge in [-0.3, -0.25) is 19.4 Å². The molecule has 1 aliphatic heterocycles. The van der Waals surface area contributed by atoms with Crippen LogP contribution < -0.4 is 20.1 Å². The van der Waals surface area contributed by atoms with E-state index in [-0.39, 0.29) is 11.8 Å². The standard InChI is InChI=1S/C21H34N4O4/c1-5-8-22-21(27)16(2)23-20(26)15-25-11-9-24(10-12-25)14-17-6-7-18(28-3)19(13-17)29-4/h6-7,13,16H,5,8-12,14-15H2,1-4H3,(H,22,27)(H,23,26)/t16-/m1/s1. The Balaban J connectivity index is 1.75. The van der Waals surface area contributed by atoms with E-state index in [0.29, 0.717) is 13.1 Å². The summed E-state index contributed by atoms with van der Waals surface area (Å²) in [5.74, 6) is 1.21. The number of ether oxygens (including phenoxy) is 2. The van der Waals surface area contributed by atoms with Gasteiger partial charge in [-0.05, 0) is 31.0 Å². The van der Waals surface area contributed by atoms with Gasteiger partial charge in [0.15, 0.2) is 11.5 Å². The molecule has 1 fully saturated rings. The van der Waals surface area contributed by atoms with Crippen molar-refractivity contribution in [2.75, 3.05) is 53.5 Å². The van der Waals surface area contributed by atoms with Crippen LogP contribution in [0.3, 0.4) is 0 Å². The zero-order valence-corrected chi connectivity index (χ0v) is 18.0. The number of hydrogen-bond acceptors (Lipinski definition) is 6. The number of amides is 2. The molecule has 0 radical (unpaired) electrons. The molecule has 162 valence electrons. The lowest BCUT2D eigenvalue weighted by atomic mass is 10.1. The van der Waals surface area contributed by atoms with Gasteiger partial charge >= 0.3 is 0 Å². The summed E-state index contributed by atoms with van der Waals surface area (Å²) in [6.07, 6.45) is 0.875. The summed E-state index contributed by atoms with van der Waals surface area (Å²) < 4.78 is 10.7. The van der Waals surface area contributed by atoms with Gasteiger partial charge in [-0.2, -0.15) is 0 Å². The summed E-state index contributed by atoms with van der Waals surface area (Å²) in [5, 5.41) is 5.57. The van der Waals surface area contributed by atoms with Crippen LogP contribution in [0.15, 0.2) is 18.2 Å². The molecule has 2 N–H and O–H groups in total. The van der Waals surface area contributed by atoms with Crippen molar-refractivity contribution in [3.8, 4) is 11.5 Å². The van der Waals surface area contributed by atoms with Gasteiger partial charge in [0.25, 0.3) is 0 Å². The number of carbonyl (C=O) groups is 2. The van der Waals surface area contributed by atoms with Crippen molar-refractivity contribution < 1.29 is 19.1 Å². The molecule has 2 amide bonds. The van der Waals surface area contributed by atoms with Crippen LogP contribution in [0, 0.1) is 0 Å². The Bertz CT molecular complexity index is 675. The van der Waals surface area contributed by atoms with Gasteiger partial charge < -0.3 is 20.1 Å². The number of benzene rings is 1. The second-order valence-electron chi connectivity index (χ2n) is 7.32. The highest BCUT2D eigenvalue weighted by atomic mass is 16.5. The van der Waals surface area contributed by atoms with Gasteiger partial charge in [-0.25, -0.2) is 0 Å². The molecule has 0 bridgehead atoms. The van der Waals surface area contributed by atoms with Crippen LogP contribution >= 0.6 is 0 Å². The van der Waals surface area contributed by atoms with E-state index in [2.05, 4.69) is 20.4 Å². The highest BCUT2D eigenvalue weighted by Gasteiger charge is 2.21. The SMILES string of the molecule is CCCNC(=O)[C@@H](C)NC(=O)CN1CCN(Cc2ccc(OC)c(OC)c2)CC1. The van der Waals surface area contributed by atoms with Gasteiger partial charge in [0.1, 0.15) is 6.04 Å². The van der Waals surface area contributed by atoms with Crippen molar-refractivity contribution in [3.63, 3.8) is 0 Å². The molecule has 1 aliphatic rings. The van der Waals surface area contributed by atoms with Crippen LogP contribution in [0.4, 0.5) is 0 Å². The molecule has 8 nitrogen and oxygen atoms in total. The third-order valence-electron chi connectivity index (χ3n) is 5.01. The Labute approximate surface area is 173 Å². The third kappa shape index (κ3) is 7.21. The fraction of sp³-hybridized carbons (Fsp3) is 0.619. The van der Waals surface area contributed by atoms with Crippen LogP contribution in [0.25, 0.3) is 0 Å². The number of rotatable bonds is 10. The molecule has 1 saturated heterocycles. The van der Waals surface area contributed by atoms with E-state index >= 15 is 0 Å². The van der Waals surface area contributed by atoms with E-state index in [1.54, 1.807) is 21.1 Å². The molecule has 0 aromatic heterocycles. The molecule has 29 heavy (non-hydrogen) atoms. The van der Waals surface area contributed by atoms with E-state index in [4.69, 9.17) is 9.47 Å². The maximum atomic E-state index is 12.2. The summed E-state index contributed by atoms with van der Waals surface area (Å²) in [7, 11) is 3.27. The molecule has 1 atom stereocenters. The molecular formula is C21H34N4O4. The lowest BCUT2D eigenvalue weighted by Crippen LogP contribution is -2.52. The van der Waals surface area contributed by atoms with E-state index in [1.165, 1.54) is 5.56 Å². The van der Waals surface area contributed by atoms with Gasteiger partial charge in [-0.15, -0.1) is 0 Å². The second kappa shape index (κ2) is 11.6. The fourth-order valence-electron chi connectivity index (χ4n) is 3.30. The summed E-state index contributed by atoms with van der Waals surface area (Å²) >= 11 is 0. The van der Waals surface area contributed by atoms with Crippen molar-refractivity contribution in [2.45, 2.75) is 32.9 Å². The first-order valence-corrected chi connectivity index (χ1v) is 10.2. The average molecular weight is 407 g/mol. The smallest absolute Gasteiger partial charge is 0.242 e. The summed E-state index contributed by atoms with van der Waals surface area (Å²) in [5.41, 5.74) is 1.17. The summed E-state index contributed by atoms with van der Waals surface area (Å²) in [6.45, 7) is 8.88. The predicted octanol–water partition coefficient (Wildman–Crippen LogP) is 0.852. The Morgan fingerprint density at radius 2 is 1.72 bits per heavy atom. The van der Waals surface area contributed by atoms with Crippen molar-refractivity contribution in [3.05, 3.63) is 23.8 Å². The molecule has 0 saturated carbocycles. The lowest BCUT2D eigenvalue weighted by molar-refractivity contribution is -0.129. The van der Waals surface area contributed by atoms with Crippen molar-refractivity contribution in [1.29, 1.82) is 0 Å². The van der Waals surface area contributed by atoms with Crippen molar-refractivity contribution >= 4 is 11.8 Å². The van der Waals surface area contributed by atoms with Crippen LogP contribution in [0.2, 0.25) is 0 Å². The quantitative estimate of drug-likeness (QED) is 0.600. The minimum atomic E-state index is -0.514. The first-order chi connectivity index (χ1) is 14.0. The topological polar surface area (TPSA) is 83.1 Å². The first-order valence-electron chi connectivity index (χ1n) is 10.2. The second-order valence-corrected chi connectivity index (χ2v) is 7.32. The molecule has 1 heterocycles. The lowest BCUT2D eigenvalue weighted by Gasteiger charge is -2.34. The average Bonchev–Trinajstić information content (AvgIpc) is 2.73. The zero-order chi connectivity index (χ0) is 21.2. The van der Waals surface area contributed by atoms with Crippen LogP contribution in [0.5, 0.6) is 11.5 Å². The predicted molar refractivity (Wildman–Crippen MR) is 112 cm³/mol. The largest absolute Gasteiger partial charge is 0.493 e. The van der Waals surface area contributed by atoms with E-state index in [0.717, 1.165) is 50.6 Å². The molecule has 2 rings (SSSR count). The van der Waals surface area contributed by atoms with E-state index in [1.807, 2.05) is 25.1 Å². The fourth-order valence-corrected chi connectivity index (χ4v) is 3.30. The summed E-state index contributed by atoms with van der Waals surface area (Å²) in [4.78, 5) is 28.6. The Morgan fingerprint density at radius 1 is 1.07 bits per heavy atom. The Hall–Kier alpha value is -2.32. The van der Waals surface area contributed by atoms with Crippen LogP contribution in [0.1, 0.15) is 25.8 Å². The number of nitrogens with zero attached hydrogens (tertiary/aromatic N) is 2. The normalized spacial score (nSPS) is 16.1. The van der Waals surface area contributed by atoms with Crippen molar-refractivity contribution in [2.24, 2.45) is 0 Å². The maximum Gasteiger partial charge on any atom is 0.242 e. The number of carbonyl (C=O) groups excluding carboxylic acids is 2. The van der Waals surface area contributed by atoms with E-state index in [9.17, 15) is 9.59 Å². The number of nitrogens with one attached hydrogen (secondary N) is 2. The molecule has 0 aliphatic carbocycles. The Kier molecular flexibility index (Phi) is 9.21. The monoisotopic (exact) mass is 406 g/mol. The van der Waals surface area contributed by atoms with Crippen LogP contribution in [-0.4, -0.2) is 81.1 Å². The molecule has 0 unspecified atom stereocenters. The molecule has 8 heteroatoms. The Morgan fingerprint density at radius 3 is 2.34 bits per heavy atom. The number of methoxy groups -OCH3 is 2. The van der Waals surface area contributed by atoms with Gasteiger partial charge in [0.2, 0.25) is 11.8 Å². The highest BCUT2D eigenvalue weighted by molar-refractivity contribution is 5.87. The maximum absolute atomic E-state index is 12.2. The highest BCUT2D eigenvalue weighted by Crippen LogP contribution is 2.28. The van der Waals surface area contributed by atoms with Gasteiger partial charge in [0, 0.05) is 39.3 Å². The molecule has 1 aromatic carbocycles. The number of piperazine rings is 1. The third-order valence-corrected chi connectivity index (χ3v) is 5.01. The van der Waals surface area contributed by atoms with E-state index < -0.39 is 6.04 Å². The van der Waals surface area contributed by atoms with Gasteiger partial charge in [0.05, 0.1) is 20.8 Å². The minimum absolute atomic E-state index is 0.113. The first kappa shape index (κ1) is 23.0. The minimum Gasteiger partial charge on any atom is -0.493 e. The molecule has 0 spiro atoms. The van der Waals surface area contributed by atoms with Gasteiger partial charge in [-0.1, -0.05) is 13.0 Å². The zero-order valence-electron chi connectivity index (χ0n) is 18.0.